The molecule has 2 heterocycles. The van der Waals surface area contributed by atoms with E-state index in [0.29, 0.717) is 0 Å². The Morgan fingerprint density at radius 1 is 1.12 bits per heavy atom. The van der Waals surface area contributed by atoms with Crippen molar-refractivity contribution in [2.75, 3.05) is 0 Å². The monoisotopic (exact) mass is 330 g/mol. The normalized spacial score (nSPS) is 12.2. The number of aromatic amines is 1. The third kappa shape index (κ3) is 2.47. The van der Waals surface area contributed by atoms with E-state index < -0.39 is 0 Å². The number of benzene rings is 2. The fourth-order valence-electron chi connectivity index (χ4n) is 2.78. The van der Waals surface area contributed by atoms with E-state index in [1.54, 1.807) is 11.3 Å². The van der Waals surface area contributed by atoms with E-state index in [1.165, 1.54) is 21.2 Å². The molecule has 0 aliphatic carbocycles. The Hall–Kier alpha value is -2.65. The summed E-state index contributed by atoms with van der Waals surface area (Å²) in [6.45, 7) is 8.15. The zero-order valence-corrected chi connectivity index (χ0v) is 14.6. The van der Waals surface area contributed by atoms with Gasteiger partial charge in [-0.25, -0.2) is 4.98 Å². The largest absolute Gasteiger partial charge is 0.359 e. The van der Waals surface area contributed by atoms with Crippen molar-refractivity contribution in [3.63, 3.8) is 0 Å². The average Bonchev–Trinajstić information content (AvgIpc) is 3.19. The molecule has 4 aromatic rings. The van der Waals surface area contributed by atoms with E-state index in [1.807, 2.05) is 13.0 Å². The van der Waals surface area contributed by atoms with E-state index in [2.05, 4.69) is 67.2 Å². The predicted molar refractivity (Wildman–Crippen MR) is 105 cm³/mol. The number of hydrogen-bond acceptors (Lipinski definition) is 2. The summed E-state index contributed by atoms with van der Waals surface area (Å²) < 4.78 is 1.21. The van der Waals surface area contributed by atoms with Crippen LogP contribution in [0.2, 0.25) is 0 Å². The first-order chi connectivity index (χ1) is 11.6. The molecule has 0 aliphatic rings. The molecule has 0 unspecified atom stereocenters. The molecule has 0 amide bonds. The summed E-state index contributed by atoms with van der Waals surface area (Å²) in [5, 5.41) is 2.29. The molecule has 0 aliphatic heterocycles. The number of nitrogens with one attached hydrogen (secondary N) is 1. The SMILES string of the molecule is C=C(C)/C(C)=C/c1c[nH]c2c1ccc1nc(-c3ccccc3)sc12. The van der Waals surface area contributed by atoms with Gasteiger partial charge in [0, 0.05) is 22.7 Å². The maximum atomic E-state index is 4.80. The number of fused-ring (bicyclic) bond motifs is 3. The highest BCUT2D eigenvalue weighted by Crippen LogP contribution is 2.36. The maximum absolute atomic E-state index is 4.80. The standard InChI is InChI=1S/C21H18N2S/c1-13(2)14(3)11-16-12-22-19-17(16)9-10-18-20(19)24-21(23-18)15-7-5-4-6-8-15/h4-12,22H,1H2,2-3H3/b14-11+. The van der Waals surface area contributed by atoms with Crippen molar-refractivity contribution in [2.24, 2.45) is 0 Å². The molecule has 1 N–H and O–H groups in total. The number of rotatable bonds is 3. The number of allylic oxidation sites excluding steroid dienone is 2. The molecule has 118 valence electrons. The molecule has 0 fully saturated rings. The molecule has 0 bridgehead atoms. The van der Waals surface area contributed by atoms with Crippen LogP contribution in [0, 0.1) is 0 Å². The van der Waals surface area contributed by atoms with Crippen LogP contribution in [0.4, 0.5) is 0 Å². The van der Waals surface area contributed by atoms with Crippen molar-refractivity contribution in [2.45, 2.75) is 13.8 Å². The molecule has 4 rings (SSSR count). The van der Waals surface area contributed by atoms with Gasteiger partial charge in [0.25, 0.3) is 0 Å². The summed E-state index contributed by atoms with van der Waals surface area (Å²) >= 11 is 1.74. The minimum Gasteiger partial charge on any atom is -0.359 e. The van der Waals surface area contributed by atoms with E-state index >= 15 is 0 Å². The molecule has 2 aromatic carbocycles. The second kappa shape index (κ2) is 5.77. The third-order valence-corrected chi connectivity index (χ3v) is 5.44. The summed E-state index contributed by atoms with van der Waals surface area (Å²) in [4.78, 5) is 8.24. The van der Waals surface area contributed by atoms with Gasteiger partial charge >= 0.3 is 0 Å². The molecule has 2 nitrogen and oxygen atoms in total. The fourth-order valence-corrected chi connectivity index (χ4v) is 3.86. The summed E-state index contributed by atoms with van der Waals surface area (Å²) in [5.74, 6) is 0. The summed E-state index contributed by atoms with van der Waals surface area (Å²) in [7, 11) is 0. The topological polar surface area (TPSA) is 28.7 Å². The zero-order valence-electron chi connectivity index (χ0n) is 13.8. The number of H-pyrrole nitrogens is 1. The highest BCUT2D eigenvalue weighted by Gasteiger charge is 2.11. The van der Waals surface area contributed by atoms with Gasteiger partial charge in [-0.3, -0.25) is 0 Å². The van der Waals surface area contributed by atoms with E-state index in [0.717, 1.165) is 27.2 Å². The van der Waals surface area contributed by atoms with Gasteiger partial charge in [0.05, 0.1) is 15.7 Å². The van der Waals surface area contributed by atoms with Gasteiger partial charge in [0.2, 0.25) is 0 Å². The van der Waals surface area contributed by atoms with Gasteiger partial charge in [-0.1, -0.05) is 42.5 Å². The molecule has 2 aromatic heterocycles. The van der Waals surface area contributed by atoms with E-state index in [4.69, 9.17) is 4.98 Å². The minimum atomic E-state index is 1.04. The molecule has 0 spiro atoms. The Balaban J connectivity index is 1.90. The lowest BCUT2D eigenvalue weighted by Crippen LogP contribution is -1.77. The molecular weight excluding hydrogens is 312 g/mol. The molecule has 0 radical (unpaired) electrons. The van der Waals surface area contributed by atoms with Gasteiger partial charge in [0.1, 0.15) is 5.01 Å². The lowest BCUT2D eigenvalue weighted by molar-refractivity contribution is 1.38. The summed E-state index contributed by atoms with van der Waals surface area (Å²) in [6.07, 6.45) is 4.25. The maximum Gasteiger partial charge on any atom is 0.124 e. The predicted octanol–water partition coefficient (Wildman–Crippen LogP) is 6.42. The number of thiazole rings is 1. The van der Waals surface area contributed by atoms with E-state index in [-0.39, 0.29) is 0 Å². The Morgan fingerprint density at radius 3 is 2.67 bits per heavy atom. The number of nitrogens with zero attached hydrogens (tertiary/aromatic N) is 1. The Bertz CT molecular complexity index is 1080. The van der Waals surface area contributed by atoms with Crippen LogP contribution in [0.5, 0.6) is 0 Å². The smallest absolute Gasteiger partial charge is 0.124 e. The van der Waals surface area contributed by atoms with Gasteiger partial charge in [0.15, 0.2) is 0 Å². The first-order valence-corrected chi connectivity index (χ1v) is 8.75. The quantitative estimate of drug-likeness (QED) is 0.431. The zero-order chi connectivity index (χ0) is 16.7. The molecule has 0 atom stereocenters. The van der Waals surface area contributed by atoms with Gasteiger partial charge in [-0.15, -0.1) is 11.3 Å². The Kier molecular flexibility index (Phi) is 3.58. The molecular formula is C21H18N2S. The lowest BCUT2D eigenvalue weighted by Gasteiger charge is -1.98. The lowest BCUT2D eigenvalue weighted by atomic mass is 10.1. The van der Waals surface area contributed by atoms with Crippen LogP contribution in [0.3, 0.4) is 0 Å². The van der Waals surface area contributed by atoms with Gasteiger partial charge in [-0.2, -0.15) is 0 Å². The fraction of sp³-hybridized carbons (Fsp3) is 0.0952. The second-order valence-electron chi connectivity index (χ2n) is 6.07. The van der Waals surface area contributed by atoms with Crippen LogP contribution >= 0.6 is 11.3 Å². The average molecular weight is 330 g/mol. The molecule has 0 saturated heterocycles. The second-order valence-corrected chi connectivity index (χ2v) is 7.07. The van der Waals surface area contributed by atoms with Crippen molar-refractivity contribution >= 4 is 38.5 Å². The van der Waals surface area contributed by atoms with Crippen molar-refractivity contribution in [1.82, 2.24) is 9.97 Å². The minimum absolute atomic E-state index is 1.04. The first-order valence-electron chi connectivity index (χ1n) is 7.94. The molecule has 3 heteroatoms. The van der Waals surface area contributed by atoms with Crippen molar-refractivity contribution in [3.05, 3.63) is 72.0 Å². The summed E-state index contributed by atoms with van der Waals surface area (Å²) in [6, 6.07) is 14.6. The number of aromatic nitrogens is 2. The van der Waals surface area contributed by atoms with Gasteiger partial charge in [-0.05, 0) is 37.6 Å². The highest BCUT2D eigenvalue weighted by atomic mass is 32.1. The van der Waals surface area contributed by atoms with Crippen molar-refractivity contribution < 1.29 is 0 Å². The number of hydrogen-bond donors (Lipinski definition) is 1. The summed E-state index contributed by atoms with van der Waals surface area (Å²) in [5.41, 5.74) is 6.85. The Morgan fingerprint density at radius 2 is 1.92 bits per heavy atom. The van der Waals surface area contributed by atoms with Crippen LogP contribution in [-0.2, 0) is 0 Å². The highest BCUT2D eigenvalue weighted by molar-refractivity contribution is 7.22. The van der Waals surface area contributed by atoms with Crippen LogP contribution in [-0.4, -0.2) is 9.97 Å². The molecule has 0 saturated carbocycles. The van der Waals surface area contributed by atoms with E-state index in [9.17, 15) is 0 Å². The van der Waals surface area contributed by atoms with Crippen LogP contribution < -0.4 is 0 Å². The Labute approximate surface area is 145 Å². The third-order valence-electron chi connectivity index (χ3n) is 4.31. The first kappa shape index (κ1) is 14.9. The van der Waals surface area contributed by atoms with Crippen LogP contribution in [0.15, 0.2) is 66.4 Å². The van der Waals surface area contributed by atoms with Crippen molar-refractivity contribution in [1.29, 1.82) is 0 Å². The van der Waals surface area contributed by atoms with Crippen molar-refractivity contribution in [3.8, 4) is 10.6 Å². The van der Waals surface area contributed by atoms with Crippen LogP contribution in [0.1, 0.15) is 19.4 Å². The molecule has 24 heavy (non-hydrogen) atoms. The van der Waals surface area contributed by atoms with Gasteiger partial charge < -0.3 is 4.98 Å². The van der Waals surface area contributed by atoms with Crippen LogP contribution in [0.25, 0.3) is 37.8 Å².